The van der Waals surface area contributed by atoms with Crippen molar-refractivity contribution >= 4 is 0 Å². The summed E-state index contributed by atoms with van der Waals surface area (Å²) in [7, 11) is 1.65. The third-order valence-electron chi connectivity index (χ3n) is 19.7. The van der Waals surface area contributed by atoms with Gasteiger partial charge in [-0.25, -0.2) is 0 Å². The molecule has 0 aliphatic carbocycles. The van der Waals surface area contributed by atoms with Gasteiger partial charge in [0, 0.05) is 0 Å². The van der Waals surface area contributed by atoms with Crippen LogP contribution in [0.1, 0.15) is 68.5 Å². The fourth-order valence-corrected chi connectivity index (χ4v) is 13.9. The van der Waals surface area contributed by atoms with E-state index in [1.807, 2.05) is 303 Å². The van der Waals surface area contributed by atoms with E-state index in [1.165, 1.54) is 0 Å². The standard InChI is InChI=1S/C94H102O17/c1-3-4-32-55-99-92-89(104-62-75-45-26-11-27-46-75)87(102-60-73-41-22-9-23-42-73)84(81(107-92)67-97-57-70-35-16-6-17-36-70)110-94-91(106-64-77-49-30-13-31-50-77)88(103-61-74-43-24-10-25-44-74)85(82(109-94)68-98-58-71-37-18-7-19-38-71)111-93-90(105-63-76-47-28-12-29-48-76)86(101-65-78-51-53-79(95-2)54-52-78)83(100-59-72-39-20-8-21-40-72)80(108-93)66-96-56-69-33-14-5-15-34-69/h3,5-31,33-54,80-94H,1,4,32,55-68H2,2H3/t80?,81?,82?,83-,84+,85-,86+,87-,88+,89?,90?,91?,92+,93+,94-/m0/s1. The van der Waals surface area contributed by atoms with Crippen LogP contribution >= 0.6 is 0 Å². The van der Waals surface area contributed by atoms with E-state index < -0.39 is 92.1 Å². The third kappa shape index (κ3) is 24.3. The van der Waals surface area contributed by atoms with Crippen LogP contribution in [0.2, 0.25) is 0 Å². The Morgan fingerprint density at radius 2 is 0.505 bits per heavy atom. The van der Waals surface area contributed by atoms with Crippen LogP contribution in [-0.4, -0.2) is 126 Å². The lowest BCUT2D eigenvalue weighted by molar-refractivity contribution is -0.395. The first-order chi connectivity index (χ1) is 55.0. The summed E-state index contributed by atoms with van der Waals surface area (Å²) in [4.78, 5) is 0. The Morgan fingerprint density at radius 3 is 0.802 bits per heavy atom. The van der Waals surface area contributed by atoms with Crippen LogP contribution in [-0.2, 0) is 142 Å². The summed E-state index contributed by atoms with van der Waals surface area (Å²) in [5.74, 6) is 0.712. The lowest BCUT2D eigenvalue weighted by Gasteiger charge is -2.52. The van der Waals surface area contributed by atoms with Crippen molar-refractivity contribution in [1.29, 1.82) is 0 Å². The number of benzene rings is 10. The molecule has 0 N–H and O–H groups in total. The fourth-order valence-electron chi connectivity index (χ4n) is 13.9. The Labute approximate surface area is 653 Å². The first-order valence-electron chi connectivity index (χ1n) is 38.5. The molecule has 15 atom stereocenters. The quantitative estimate of drug-likeness (QED) is 0.0262. The number of hydrogen-bond donors (Lipinski definition) is 0. The molecule has 0 radical (unpaired) electrons. The third-order valence-corrected chi connectivity index (χ3v) is 19.7. The van der Waals surface area contributed by atoms with Crippen LogP contribution in [0.4, 0.5) is 0 Å². The van der Waals surface area contributed by atoms with Crippen molar-refractivity contribution in [3.05, 3.63) is 366 Å². The van der Waals surface area contributed by atoms with E-state index in [9.17, 15) is 0 Å². The summed E-state index contributed by atoms with van der Waals surface area (Å²) in [5, 5.41) is 0. The van der Waals surface area contributed by atoms with Gasteiger partial charge in [-0.15, -0.1) is 6.58 Å². The number of rotatable bonds is 43. The van der Waals surface area contributed by atoms with Crippen molar-refractivity contribution in [3.8, 4) is 5.75 Å². The molecular weight excluding hydrogens is 1400 g/mol. The van der Waals surface area contributed by atoms with Crippen molar-refractivity contribution in [3.63, 3.8) is 0 Å². The zero-order chi connectivity index (χ0) is 75.7. The molecule has 0 spiro atoms. The Balaban J connectivity index is 0.945. The van der Waals surface area contributed by atoms with Gasteiger partial charge in [0.15, 0.2) is 18.9 Å². The Morgan fingerprint density at radius 1 is 0.261 bits per heavy atom. The highest BCUT2D eigenvalue weighted by atomic mass is 16.8. The number of ether oxygens (including phenoxy) is 17. The molecule has 6 unspecified atom stereocenters. The van der Waals surface area contributed by atoms with E-state index in [0.29, 0.717) is 18.8 Å². The molecule has 3 fully saturated rings. The zero-order valence-electron chi connectivity index (χ0n) is 63.0. The Kier molecular flexibility index (Phi) is 31.6. The van der Waals surface area contributed by atoms with Crippen LogP contribution in [0.5, 0.6) is 5.75 Å². The molecule has 17 heteroatoms. The molecule has 0 aromatic heterocycles. The minimum atomic E-state index is -1.31. The van der Waals surface area contributed by atoms with Crippen LogP contribution in [0, 0.1) is 0 Å². The summed E-state index contributed by atoms with van der Waals surface area (Å²) >= 11 is 0. The van der Waals surface area contributed by atoms with Gasteiger partial charge >= 0.3 is 0 Å². The van der Waals surface area contributed by atoms with Gasteiger partial charge in [0.25, 0.3) is 0 Å². The topological polar surface area (TPSA) is 157 Å². The van der Waals surface area contributed by atoms with Crippen LogP contribution in [0.3, 0.4) is 0 Å². The smallest absolute Gasteiger partial charge is 0.187 e. The minimum absolute atomic E-state index is 0.0333. The van der Waals surface area contributed by atoms with Crippen molar-refractivity contribution < 1.29 is 80.5 Å². The summed E-state index contributed by atoms with van der Waals surface area (Å²) in [5.41, 5.74) is 9.29. The van der Waals surface area contributed by atoms with Crippen molar-refractivity contribution in [1.82, 2.24) is 0 Å². The molecule has 580 valence electrons. The lowest BCUT2D eigenvalue weighted by atomic mass is 9.95. The molecule has 3 aliphatic rings. The molecule has 0 saturated carbocycles. The highest BCUT2D eigenvalue weighted by molar-refractivity contribution is 5.27. The normalized spacial score (nSPS) is 23.9. The monoisotopic (exact) mass is 1500 g/mol. The molecule has 111 heavy (non-hydrogen) atoms. The van der Waals surface area contributed by atoms with Gasteiger partial charge in [0.2, 0.25) is 0 Å². The number of allylic oxidation sites excluding steroid dienone is 1. The predicted octanol–water partition coefficient (Wildman–Crippen LogP) is 16.7. The summed E-state index contributed by atoms with van der Waals surface area (Å²) in [6.45, 7) is 6.21. The zero-order valence-corrected chi connectivity index (χ0v) is 63.0. The van der Waals surface area contributed by atoms with Gasteiger partial charge in [0.1, 0.15) is 79.0 Å². The molecule has 10 aromatic rings. The first-order valence-corrected chi connectivity index (χ1v) is 38.5. The first kappa shape index (κ1) is 80.2. The average molecular weight is 1500 g/mol. The van der Waals surface area contributed by atoms with Gasteiger partial charge in [-0.05, 0) is 80.6 Å². The van der Waals surface area contributed by atoms with Crippen molar-refractivity contribution in [2.75, 3.05) is 33.5 Å². The summed E-state index contributed by atoms with van der Waals surface area (Å²) in [6.07, 6.45) is -11.9. The van der Waals surface area contributed by atoms with Crippen LogP contribution < -0.4 is 4.74 Å². The molecule has 10 aromatic carbocycles. The summed E-state index contributed by atoms with van der Waals surface area (Å²) < 4.78 is 123. The molecular formula is C94H102O17. The van der Waals surface area contributed by atoms with Gasteiger partial charge < -0.3 is 80.5 Å². The van der Waals surface area contributed by atoms with Crippen LogP contribution in [0.15, 0.2) is 310 Å². The molecule has 17 nitrogen and oxygen atoms in total. The fraction of sp³-hybridized carbons (Fsp3) is 0.340. The highest BCUT2D eigenvalue weighted by Crippen LogP contribution is 2.40. The number of methoxy groups -OCH3 is 1. The van der Waals surface area contributed by atoms with Crippen LogP contribution in [0.25, 0.3) is 0 Å². The lowest BCUT2D eigenvalue weighted by Crippen LogP contribution is -2.68. The van der Waals surface area contributed by atoms with E-state index in [2.05, 4.69) is 6.58 Å². The van der Waals surface area contributed by atoms with Gasteiger partial charge in [0.05, 0.1) is 99.6 Å². The Hall–Kier alpha value is -8.90. The molecule has 0 bridgehead atoms. The second kappa shape index (κ2) is 43.8. The van der Waals surface area contributed by atoms with E-state index in [4.69, 9.17) is 80.5 Å². The van der Waals surface area contributed by atoms with E-state index in [1.54, 1.807) is 7.11 Å². The minimum Gasteiger partial charge on any atom is -0.497 e. The SMILES string of the molecule is C=CCCCO[C@@H]1OC(COCc2ccccc2)[C@@H](O[C@@H]2OC(COCc3ccccc3)[C@H](O[C@H]3OC(COCc4ccccc4)[C@H](OCc4ccccc4)[C@@H](OCc4ccc(OC)cc4)C3OCc3ccccc3)[C@@H](OCc3ccccc3)C2OCc2ccccc2)[C@H](OCc2ccccc2)C1OCc1ccccc1. The molecule has 3 saturated heterocycles. The number of unbranched alkanes of at least 4 members (excludes halogenated alkanes) is 1. The second-order valence-corrected chi connectivity index (χ2v) is 27.8. The maximum atomic E-state index is 7.94. The van der Waals surface area contributed by atoms with E-state index in [0.717, 1.165) is 62.1 Å². The van der Waals surface area contributed by atoms with Gasteiger partial charge in [-0.3, -0.25) is 0 Å². The molecule has 3 heterocycles. The summed E-state index contributed by atoms with van der Waals surface area (Å²) in [6, 6.07) is 98.0. The van der Waals surface area contributed by atoms with Crippen molar-refractivity contribution in [2.45, 2.75) is 171 Å². The largest absolute Gasteiger partial charge is 0.497 e. The molecule has 13 rings (SSSR count). The molecule has 3 aliphatic heterocycles. The average Bonchev–Trinajstić information content (AvgIpc) is 0.764. The number of hydrogen-bond acceptors (Lipinski definition) is 17. The highest BCUT2D eigenvalue weighted by Gasteiger charge is 2.57. The Bertz CT molecular complexity index is 4170. The maximum Gasteiger partial charge on any atom is 0.187 e. The maximum absolute atomic E-state index is 7.94. The predicted molar refractivity (Wildman–Crippen MR) is 421 cm³/mol. The van der Waals surface area contributed by atoms with E-state index in [-0.39, 0.29) is 85.9 Å². The van der Waals surface area contributed by atoms with Gasteiger partial charge in [-0.1, -0.05) is 291 Å². The van der Waals surface area contributed by atoms with Gasteiger partial charge in [-0.2, -0.15) is 0 Å². The van der Waals surface area contributed by atoms with Crippen molar-refractivity contribution in [2.24, 2.45) is 0 Å². The van der Waals surface area contributed by atoms with E-state index >= 15 is 0 Å². The molecule has 0 amide bonds. The second-order valence-electron chi connectivity index (χ2n) is 27.8.